The van der Waals surface area contributed by atoms with Crippen LogP contribution in [0.2, 0.25) is 0 Å². The number of hydrogen-bond acceptors (Lipinski definition) is 6. The summed E-state index contributed by atoms with van der Waals surface area (Å²) in [6.07, 6.45) is 1.89. The zero-order valence-corrected chi connectivity index (χ0v) is 15.9. The number of nitrogens with zero attached hydrogens (tertiary/aromatic N) is 3. The molecule has 11 heteroatoms. The Morgan fingerprint density at radius 3 is 2.19 bits per heavy atom. The molecule has 0 radical (unpaired) electrons. The summed E-state index contributed by atoms with van der Waals surface area (Å²) in [7, 11) is 0. The van der Waals surface area contributed by atoms with Gasteiger partial charge in [-0.3, -0.25) is 30.0 Å². The van der Waals surface area contributed by atoms with Gasteiger partial charge in [-0.05, 0) is 49.6 Å². The second-order valence-corrected chi connectivity index (χ2v) is 6.64. The summed E-state index contributed by atoms with van der Waals surface area (Å²) in [4.78, 5) is 34.0. The minimum atomic E-state index is -0.785. The second kappa shape index (κ2) is 8.23. The van der Waals surface area contributed by atoms with Gasteiger partial charge in [-0.15, -0.1) is 0 Å². The molecule has 0 bridgehead atoms. The number of hydrogen-bond donors (Lipinski definition) is 0. The SMILES string of the molecule is O=Cc1cc([N+](=O)[O-])c(Br)cc1F.O=[N+]([O-])c1cc2c(cc1Br)CN=C2. The fourth-order valence-corrected chi connectivity index (χ4v) is 3.04. The van der Waals surface area contributed by atoms with Crippen LogP contribution in [0.1, 0.15) is 21.5 Å². The standard InChI is InChI=1S/C8H5BrN2O2.C7H3BrFNO3/c9-7-1-5-3-10-4-6(5)2-8(7)11(12)13;8-5-2-6(9)4(3-11)1-7(5)10(12)13/h1-2,4H,3H2;1-3H. The lowest BCUT2D eigenvalue weighted by atomic mass is 10.1. The summed E-state index contributed by atoms with van der Waals surface area (Å²) in [5, 5.41) is 20.9. The molecular formula is C15H8Br2FN3O5. The van der Waals surface area contributed by atoms with E-state index in [1.165, 1.54) is 6.07 Å². The van der Waals surface area contributed by atoms with Crippen LogP contribution in [0.15, 0.2) is 38.2 Å². The number of fused-ring (bicyclic) bond motifs is 1. The van der Waals surface area contributed by atoms with Crippen molar-refractivity contribution in [1.82, 2.24) is 0 Å². The maximum absolute atomic E-state index is 12.8. The molecule has 26 heavy (non-hydrogen) atoms. The normalized spacial score (nSPS) is 11.3. The first-order valence-corrected chi connectivity index (χ1v) is 8.38. The maximum Gasteiger partial charge on any atom is 0.284 e. The zero-order chi connectivity index (χ0) is 19.4. The Hall–Kier alpha value is -2.53. The minimum absolute atomic E-state index is 0.0144. The minimum Gasteiger partial charge on any atom is -0.298 e. The van der Waals surface area contributed by atoms with Crippen molar-refractivity contribution in [2.75, 3.05) is 0 Å². The molecule has 2 aromatic rings. The third kappa shape index (κ3) is 4.35. The third-order valence-electron chi connectivity index (χ3n) is 3.29. The van der Waals surface area contributed by atoms with Gasteiger partial charge in [0.2, 0.25) is 0 Å². The monoisotopic (exact) mass is 487 g/mol. The average Bonchev–Trinajstić information content (AvgIpc) is 3.01. The number of nitro groups is 2. The highest BCUT2D eigenvalue weighted by Crippen LogP contribution is 2.30. The quantitative estimate of drug-likeness (QED) is 0.355. The first-order valence-electron chi connectivity index (χ1n) is 6.79. The Bertz CT molecular complexity index is 928. The summed E-state index contributed by atoms with van der Waals surface area (Å²) in [5.41, 5.74) is 1.30. The zero-order valence-electron chi connectivity index (χ0n) is 12.7. The van der Waals surface area contributed by atoms with Crippen LogP contribution in [-0.4, -0.2) is 22.3 Å². The van der Waals surface area contributed by atoms with Crippen molar-refractivity contribution in [3.63, 3.8) is 0 Å². The van der Waals surface area contributed by atoms with E-state index < -0.39 is 15.7 Å². The summed E-state index contributed by atoms with van der Waals surface area (Å²) in [6, 6.07) is 5.06. The third-order valence-corrected chi connectivity index (χ3v) is 4.56. The number of aliphatic imine (C=N–C) groups is 1. The fraction of sp³-hybridized carbons (Fsp3) is 0.0667. The predicted octanol–water partition coefficient (Wildman–Crippen LogP) is 4.60. The molecule has 0 saturated carbocycles. The van der Waals surface area contributed by atoms with Gasteiger partial charge in [0.1, 0.15) is 5.82 Å². The van der Waals surface area contributed by atoms with Gasteiger partial charge in [0.15, 0.2) is 6.29 Å². The topological polar surface area (TPSA) is 116 Å². The largest absolute Gasteiger partial charge is 0.298 e. The first kappa shape index (κ1) is 19.8. The van der Waals surface area contributed by atoms with Gasteiger partial charge < -0.3 is 0 Å². The van der Waals surface area contributed by atoms with Crippen LogP contribution in [0.3, 0.4) is 0 Å². The van der Waals surface area contributed by atoms with E-state index in [9.17, 15) is 29.4 Å². The molecule has 0 spiro atoms. The van der Waals surface area contributed by atoms with E-state index >= 15 is 0 Å². The number of benzene rings is 2. The molecule has 0 aliphatic carbocycles. The van der Waals surface area contributed by atoms with Crippen molar-refractivity contribution in [3.8, 4) is 0 Å². The van der Waals surface area contributed by atoms with Crippen molar-refractivity contribution < 1.29 is 19.0 Å². The van der Waals surface area contributed by atoms with Crippen LogP contribution in [0.5, 0.6) is 0 Å². The van der Waals surface area contributed by atoms with Crippen LogP contribution in [0, 0.1) is 26.0 Å². The van der Waals surface area contributed by atoms with Gasteiger partial charge in [-0.2, -0.15) is 0 Å². The summed E-state index contributed by atoms with van der Waals surface area (Å²) in [5.74, 6) is -0.785. The lowest BCUT2D eigenvalue weighted by Crippen LogP contribution is -1.94. The average molecular weight is 489 g/mol. The number of nitro benzene ring substituents is 2. The van der Waals surface area contributed by atoms with Crippen molar-refractivity contribution in [3.05, 3.63) is 75.9 Å². The smallest absolute Gasteiger partial charge is 0.284 e. The van der Waals surface area contributed by atoms with Crippen LogP contribution in [0.4, 0.5) is 15.8 Å². The van der Waals surface area contributed by atoms with E-state index in [0.29, 0.717) is 11.0 Å². The van der Waals surface area contributed by atoms with Gasteiger partial charge in [-0.1, -0.05) is 0 Å². The molecule has 1 aliphatic heterocycles. The Morgan fingerprint density at radius 2 is 1.62 bits per heavy atom. The van der Waals surface area contributed by atoms with Gasteiger partial charge in [0.25, 0.3) is 11.4 Å². The number of carbonyl (C=O) groups excluding carboxylic acids is 1. The highest BCUT2D eigenvalue weighted by atomic mass is 79.9. The van der Waals surface area contributed by atoms with Gasteiger partial charge >= 0.3 is 0 Å². The molecule has 0 saturated heterocycles. The molecule has 0 amide bonds. The van der Waals surface area contributed by atoms with Gasteiger partial charge in [0, 0.05) is 23.9 Å². The molecule has 1 aliphatic rings. The Labute approximate surface area is 162 Å². The highest BCUT2D eigenvalue weighted by molar-refractivity contribution is 9.11. The van der Waals surface area contributed by atoms with E-state index in [1.54, 1.807) is 12.3 Å². The predicted molar refractivity (Wildman–Crippen MR) is 98.2 cm³/mol. The van der Waals surface area contributed by atoms with Crippen molar-refractivity contribution >= 4 is 55.7 Å². The van der Waals surface area contributed by atoms with E-state index in [1.807, 2.05) is 0 Å². The van der Waals surface area contributed by atoms with Crippen LogP contribution in [-0.2, 0) is 6.54 Å². The number of carbonyl (C=O) groups is 1. The molecule has 134 valence electrons. The summed E-state index contributed by atoms with van der Waals surface area (Å²) in [6.45, 7) is 0.617. The second-order valence-electron chi connectivity index (χ2n) is 4.93. The molecule has 0 fully saturated rings. The van der Waals surface area contributed by atoms with Crippen LogP contribution >= 0.6 is 31.9 Å². The van der Waals surface area contributed by atoms with Crippen molar-refractivity contribution in [1.29, 1.82) is 0 Å². The van der Waals surface area contributed by atoms with Crippen LogP contribution in [0.25, 0.3) is 0 Å². The summed E-state index contributed by atoms with van der Waals surface area (Å²) >= 11 is 5.97. The van der Waals surface area contributed by atoms with E-state index in [4.69, 9.17) is 0 Å². The first-order chi connectivity index (χ1) is 12.2. The van der Waals surface area contributed by atoms with E-state index in [-0.39, 0.29) is 27.7 Å². The van der Waals surface area contributed by atoms with E-state index in [2.05, 4.69) is 36.9 Å². The molecule has 0 N–H and O–H groups in total. The Morgan fingerprint density at radius 1 is 1.04 bits per heavy atom. The maximum atomic E-state index is 12.8. The molecule has 1 heterocycles. The Kier molecular flexibility index (Phi) is 6.27. The molecule has 0 atom stereocenters. The number of rotatable bonds is 3. The number of aldehydes is 1. The summed E-state index contributed by atoms with van der Waals surface area (Å²) < 4.78 is 13.3. The Balaban J connectivity index is 0.000000187. The lowest BCUT2D eigenvalue weighted by Gasteiger charge is -1.99. The lowest BCUT2D eigenvalue weighted by molar-refractivity contribution is -0.385. The van der Waals surface area contributed by atoms with Gasteiger partial charge in [0.05, 0.1) is 30.9 Å². The van der Waals surface area contributed by atoms with Gasteiger partial charge in [-0.25, -0.2) is 4.39 Å². The van der Waals surface area contributed by atoms with Crippen molar-refractivity contribution in [2.24, 2.45) is 4.99 Å². The molecule has 3 rings (SSSR count). The molecule has 0 aromatic heterocycles. The van der Waals surface area contributed by atoms with Crippen molar-refractivity contribution in [2.45, 2.75) is 6.54 Å². The highest BCUT2D eigenvalue weighted by Gasteiger charge is 2.17. The molecular weight excluding hydrogens is 481 g/mol. The van der Waals surface area contributed by atoms with Crippen LogP contribution < -0.4 is 0 Å². The molecule has 2 aromatic carbocycles. The molecule has 8 nitrogen and oxygen atoms in total. The fourth-order valence-electron chi connectivity index (χ4n) is 2.04. The van der Waals surface area contributed by atoms with E-state index in [0.717, 1.165) is 23.3 Å². The molecule has 0 unspecified atom stereocenters. The number of halogens is 3.